The van der Waals surface area contributed by atoms with Crippen LogP contribution in [0.25, 0.3) is 11.0 Å². The molecule has 0 aliphatic heterocycles. The van der Waals surface area contributed by atoms with E-state index >= 15 is 0 Å². The molecule has 0 aliphatic carbocycles. The highest BCUT2D eigenvalue weighted by Crippen LogP contribution is 2.16. The second-order valence-corrected chi connectivity index (χ2v) is 3.46. The van der Waals surface area contributed by atoms with Crippen LogP contribution in [0.4, 0.5) is 0 Å². The van der Waals surface area contributed by atoms with Gasteiger partial charge in [0.25, 0.3) is 0 Å². The molecule has 0 saturated heterocycles. The van der Waals surface area contributed by atoms with Crippen LogP contribution in [0, 0.1) is 3.57 Å². The topological polar surface area (TPSA) is 30.7 Å². The van der Waals surface area contributed by atoms with Crippen LogP contribution < -0.4 is 0 Å². The molecule has 2 aromatic heterocycles. The van der Waals surface area contributed by atoms with Gasteiger partial charge in [-0.05, 0) is 28.7 Å². The van der Waals surface area contributed by atoms with Gasteiger partial charge >= 0.3 is 0 Å². The van der Waals surface area contributed by atoms with Crippen LogP contribution in [-0.2, 0) is 7.05 Å². The Bertz CT molecular complexity index is 393. The highest BCUT2D eigenvalue weighted by Gasteiger charge is 2.02. The minimum Gasteiger partial charge on any atom is -0.265 e. The lowest BCUT2D eigenvalue weighted by Crippen LogP contribution is -1.91. The van der Waals surface area contributed by atoms with Gasteiger partial charge in [0.05, 0.1) is 11.7 Å². The van der Waals surface area contributed by atoms with Crippen LogP contribution in [0.5, 0.6) is 0 Å². The maximum absolute atomic E-state index is 4.17. The lowest BCUT2D eigenvalue weighted by atomic mass is 10.4. The largest absolute Gasteiger partial charge is 0.265 e. The molecule has 0 atom stereocenters. The van der Waals surface area contributed by atoms with E-state index in [0.717, 1.165) is 11.0 Å². The van der Waals surface area contributed by atoms with E-state index in [2.05, 4.69) is 32.7 Å². The number of hydrogen-bond acceptors (Lipinski definition) is 2. The number of rotatable bonds is 0. The van der Waals surface area contributed by atoms with E-state index < -0.39 is 0 Å². The van der Waals surface area contributed by atoms with Crippen molar-refractivity contribution in [2.45, 2.75) is 0 Å². The van der Waals surface area contributed by atoms with Crippen molar-refractivity contribution in [3.8, 4) is 0 Å². The summed E-state index contributed by atoms with van der Waals surface area (Å²) in [6.07, 6.45) is 3.57. The summed E-state index contributed by atoms with van der Waals surface area (Å²) in [5.74, 6) is 0. The number of fused-ring (bicyclic) bond motifs is 1. The van der Waals surface area contributed by atoms with Crippen LogP contribution in [0.1, 0.15) is 0 Å². The van der Waals surface area contributed by atoms with Gasteiger partial charge in [-0.15, -0.1) is 0 Å². The summed E-state index contributed by atoms with van der Waals surface area (Å²) in [5, 5.41) is 4.11. The SMILES string of the molecule is Cn1ncc2nccc(I)c21. The predicted molar refractivity (Wildman–Crippen MR) is 51.2 cm³/mol. The Hall–Kier alpha value is -0.650. The van der Waals surface area contributed by atoms with Gasteiger partial charge in [0, 0.05) is 16.8 Å². The average Bonchev–Trinajstić information content (AvgIpc) is 2.34. The van der Waals surface area contributed by atoms with Gasteiger partial charge in [0.15, 0.2) is 0 Å². The van der Waals surface area contributed by atoms with Gasteiger partial charge in [-0.2, -0.15) is 5.10 Å². The molecule has 0 spiro atoms. The van der Waals surface area contributed by atoms with Crippen molar-refractivity contribution < 1.29 is 0 Å². The van der Waals surface area contributed by atoms with E-state index in [1.165, 1.54) is 3.57 Å². The van der Waals surface area contributed by atoms with Crippen LogP contribution in [0.3, 0.4) is 0 Å². The average molecular weight is 259 g/mol. The summed E-state index contributed by atoms with van der Waals surface area (Å²) in [4.78, 5) is 4.17. The minimum atomic E-state index is 0.958. The molecule has 4 heteroatoms. The molecule has 0 aromatic carbocycles. The van der Waals surface area contributed by atoms with Gasteiger partial charge in [-0.3, -0.25) is 9.67 Å². The summed E-state index contributed by atoms with van der Waals surface area (Å²) >= 11 is 2.28. The summed E-state index contributed by atoms with van der Waals surface area (Å²) in [5.41, 5.74) is 2.06. The van der Waals surface area contributed by atoms with E-state index in [1.54, 1.807) is 12.4 Å². The van der Waals surface area contributed by atoms with E-state index in [-0.39, 0.29) is 0 Å². The lowest BCUT2D eigenvalue weighted by molar-refractivity contribution is 0.795. The molecule has 0 radical (unpaired) electrons. The fourth-order valence-electron chi connectivity index (χ4n) is 1.06. The molecule has 2 rings (SSSR count). The van der Waals surface area contributed by atoms with Gasteiger partial charge in [-0.1, -0.05) is 0 Å². The maximum atomic E-state index is 4.17. The first kappa shape index (κ1) is 7.02. The molecule has 56 valence electrons. The summed E-state index contributed by atoms with van der Waals surface area (Å²) < 4.78 is 3.03. The molecule has 0 fully saturated rings. The molecule has 0 amide bonds. The first-order valence-electron chi connectivity index (χ1n) is 3.21. The predicted octanol–water partition coefficient (Wildman–Crippen LogP) is 1.57. The zero-order chi connectivity index (χ0) is 7.84. The summed E-state index contributed by atoms with van der Waals surface area (Å²) in [6.45, 7) is 0. The highest BCUT2D eigenvalue weighted by molar-refractivity contribution is 14.1. The van der Waals surface area contributed by atoms with Crippen molar-refractivity contribution >= 4 is 33.6 Å². The van der Waals surface area contributed by atoms with Crippen LogP contribution >= 0.6 is 22.6 Å². The second-order valence-electron chi connectivity index (χ2n) is 2.29. The number of halogens is 1. The van der Waals surface area contributed by atoms with Crippen molar-refractivity contribution in [3.05, 3.63) is 22.0 Å². The molecule has 0 saturated carbocycles. The fourth-order valence-corrected chi connectivity index (χ4v) is 1.85. The third kappa shape index (κ3) is 1.01. The van der Waals surface area contributed by atoms with Crippen molar-refractivity contribution in [2.24, 2.45) is 7.05 Å². The smallest absolute Gasteiger partial charge is 0.109 e. The van der Waals surface area contributed by atoms with Gasteiger partial charge in [0.1, 0.15) is 5.52 Å². The number of aryl methyl sites for hydroxylation is 1. The van der Waals surface area contributed by atoms with Crippen molar-refractivity contribution in [2.75, 3.05) is 0 Å². The van der Waals surface area contributed by atoms with Gasteiger partial charge < -0.3 is 0 Å². The van der Waals surface area contributed by atoms with Crippen LogP contribution in [0.15, 0.2) is 18.5 Å². The monoisotopic (exact) mass is 259 g/mol. The Labute approximate surface area is 77.6 Å². The Kier molecular flexibility index (Phi) is 1.56. The molecule has 0 unspecified atom stereocenters. The molecular formula is C7H6IN3. The zero-order valence-electron chi connectivity index (χ0n) is 5.95. The Morgan fingerprint density at radius 2 is 2.36 bits per heavy atom. The normalized spacial score (nSPS) is 10.7. The first-order valence-corrected chi connectivity index (χ1v) is 4.29. The Morgan fingerprint density at radius 3 is 3.09 bits per heavy atom. The van der Waals surface area contributed by atoms with E-state index in [9.17, 15) is 0 Å². The summed E-state index contributed by atoms with van der Waals surface area (Å²) in [7, 11) is 1.92. The van der Waals surface area contributed by atoms with Crippen LogP contribution in [-0.4, -0.2) is 14.8 Å². The molecule has 11 heavy (non-hydrogen) atoms. The molecule has 2 heterocycles. The molecule has 0 bridgehead atoms. The number of aromatic nitrogens is 3. The first-order chi connectivity index (χ1) is 5.29. The van der Waals surface area contributed by atoms with Crippen LogP contribution in [0.2, 0.25) is 0 Å². The van der Waals surface area contributed by atoms with Gasteiger partial charge in [-0.25, -0.2) is 0 Å². The quantitative estimate of drug-likeness (QED) is 0.672. The number of nitrogens with zero attached hydrogens (tertiary/aromatic N) is 3. The third-order valence-corrected chi connectivity index (χ3v) is 2.45. The molecule has 2 aromatic rings. The van der Waals surface area contributed by atoms with Crippen molar-refractivity contribution in [1.29, 1.82) is 0 Å². The second kappa shape index (κ2) is 2.44. The standard InChI is InChI=1S/C7H6IN3/c1-11-7-5(8)2-3-9-6(7)4-10-11/h2-4H,1H3. The fraction of sp³-hybridized carbons (Fsp3) is 0.143. The molecular weight excluding hydrogens is 253 g/mol. The third-order valence-electron chi connectivity index (χ3n) is 1.58. The number of pyridine rings is 1. The Morgan fingerprint density at radius 1 is 1.55 bits per heavy atom. The maximum Gasteiger partial charge on any atom is 0.109 e. The lowest BCUT2D eigenvalue weighted by Gasteiger charge is -1.94. The minimum absolute atomic E-state index is 0.958. The van der Waals surface area contributed by atoms with E-state index in [4.69, 9.17) is 0 Å². The molecule has 0 N–H and O–H groups in total. The summed E-state index contributed by atoms with van der Waals surface area (Å²) in [6, 6.07) is 1.98. The zero-order valence-corrected chi connectivity index (χ0v) is 8.11. The molecule has 0 aliphatic rings. The van der Waals surface area contributed by atoms with E-state index in [1.807, 2.05) is 17.8 Å². The number of hydrogen-bond donors (Lipinski definition) is 0. The Balaban J connectivity index is 2.96. The van der Waals surface area contributed by atoms with E-state index in [0.29, 0.717) is 0 Å². The van der Waals surface area contributed by atoms with Crippen molar-refractivity contribution in [3.63, 3.8) is 0 Å². The van der Waals surface area contributed by atoms with Crippen molar-refractivity contribution in [1.82, 2.24) is 14.8 Å². The van der Waals surface area contributed by atoms with Gasteiger partial charge in [0.2, 0.25) is 0 Å². The molecule has 3 nitrogen and oxygen atoms in total. The highest BCUT2D eigenvalue weighted by atomic mass is 127.